The van der Waals surface area contributed by atoms with Crippen molar-refractivity contribution < 1.29 is 5.11 Å². The van der Waals surface area contributed by atoms with Crippen molar-refractivity contribution in [3.63, 3.8) is 0 Å². The van der Waals surface area contributed by atoms with Crippen LogP contribution < -0.4 is 4.90 Å². The molecule has 4 heteroatoms. The summed E-state index contributed by atoms with van der Waals surface area (Å²) in [5.41, 5.74) is 1.03. The highest BCUT2D eigenvalue weighted by Crippen LogP contribution is 2.25. The van der Waals surface area contributed by atoms with Gasteiger partial charge in [0.05, 0.1) is 5.69 Å². The first-order chi connectivity index (χ1) is 8.20. The fraction of sp³-hybridized carbons (Fsp3) is 0.615. The lowest BCUT2D eigenvalue weighted by atomic mass is 9.95. The van der Waals surface area contributed by atoms with E-state index in [1.54, 1.807) is 0 Å². The van der Waals surface area contributed by atoms with E-state index in [1.807, 2.05) is 6.92 Å². The maximum Gasteiger partial charge on any atom is 0.128 e. The molecule has 17 heavy (non-hydrogen) atoms. The summed E-state index contributed by atoms with van der Waals surface area (Å²) >= 11 is 3.48. The second-order valence-corrected chi connectivity index (χ2v) is 5.56. The molecule has 1 aromatic rings. The molecule has 94 valence electrons. The lowest BCUT2D eigenvalue weighted by Crippen LogP contribution is -2.36. The van der Waals surface area contributed by atoms with Crippen molar-refractivity contribution in [2.75, 3.05) is 24.6 Å². The fourth-order valence-corrected chi connectivity index (χ4v) is 2.62. The predicted molar refractivity (Wildman–Crippen MR) is 73.3 cm³/mol. The van der Waals surface area contributed by atoms with E-state index >= 15 is 0 Å². The topological polar surface area (TPSA) is 36.4 Å². The number of aryl methyl sites for hydroxylation is 1. The number of rotatable bonds is 3. The molecule has 0 saturated carbocycles. The highest BCUT2D eigenvalue weighted by atomic mass is 79.9. The minimum absolute atomic E-state index is 0.297. The normalized spacial score (nSPS) is 20.6. The molecule has 1 N–H and O–H groups in total. The summed E-state index contributed by atoms with van der Waals surface area (Å²) in [5.74, 6) is 1.67. The molecule has 1 aromatic heterocycles. The Kier molecular flexibility index (Phi) is 4.40. The van der Waals surface area contributed by atoms with E-state index < -0.39 is 0 Å². The number of hydrogen-bond donors (Lipinski definition) is 1. The monoisotopic (exact) mass is 298 g/mol. The standard InChI is InChI=1S/C13H19BrN2O/c1-10-12(14)4-5-13(15-10)16-7-2-3-11(9-16)6-8-17/h4-5,11,17H,2-3,6-9H2,1H3. The van der Waals surface area contributed by atoms with Crippen molar-refractivity contribution in [1.82, 2.24) is 4.98 Å². The van der Waals surface area contributed by atoms with Crippen LogP contribution in [0.1, 0.15) is 25.0 Å². The predicted octanol–water partition coefficient (Wildman–Crippen LogP) is 2.75. The third kappa shape index (κ3) is 3.19. The Morgan fingerprint density at radius 3 is 3.06 bits per heavy atom. The molecule has 0 spiro atoms. The molecule has 3 nitrogen and oxygen atoms in total. The summed E-state index contributed by atoms with van der Waals surface area (Å²) in [4.78, 5) is 6.94. The van der Waals surface area contributed by atoms with Gasteiger partial charge in [-0.1, -0.05) is 0 Å². The first-order valence-corrected chi connectivity index (χ1v) is 6.99. The molecule has 0 radical (unpaired) electrons. The summed E-state index contributed by atoms with van der Waals surface area (Å²) in [5, 5.41) is 9.02. The zero-order valence-electron chi connectivity index (χ0n) is 10.2. The van der Waals surface area contributed by atoms with Crippen LogP contribution in [-0.2, 0) is 0 Å². The summed E-state index contributed by atoms with van der Waals surface area (Å²) in [6, 6.07) is 4.13. The Balaban J connectivity index is 2.08. The van der Waals surface area contributed by atoms with E-state index in [9.17, 15) is 0 Å². The van der Waals surface area contributed by atoms with Gasteiger partial charge in [0.25, 0.3) is 0 Å². The molecular formula is C13H19BrN2O. The average Bonchev–Trinajstić information content (AvgIpc) is 2.33. The largest absolute Gasteiger partial charge is 0.396 e. The number of aromatic nitrogens is 1. The van der Waals surface area contributed by atoms with Gasteiger partial charge in [0.2, 0.25) is 0 Å². The van der Waals surface area contributed by atoms with Gasteiger partial charge in [-0.15, -0.1) is 0 Å². The number of anilines is 1. The summed E-state index contributed by atoms with van der Waals surface area (Å²) < 4.78 is 1.06. The highest BCUT2D eigenvalue weighted by molar-refractivity contribution is 9.10. The van der Waals surface area contributed by atoms with Gasteiger partial charge in [0.15, 0.2) is 0 Å². The van der Waals surface area contributed by atoms with Crippen LogP contribution in [-0.4, -0.2) is 29.8 Å². The maximum atomic E-state index is 9.02. The molecule has 1 unspecified atom stereocenters. The SMILES string of the molecule is Cc1nc(N2CCCC(CCO)C2)ccc1Br. The molecule has 1 aliphatic heterocycles. The molecule has 1 atom stereocenters. The van der Waals surface area contributed by atoms with Crippen molar-refractivity contribution >= 4 is 21.7 Å². The van der Waals surface area contributed by atoms with Gasteiger partial charge in [0.1, 0.15) is 5.82 Å². The van der Waals surface area contributed by atoms with Crippen molar-refractivity contribution in [3.05, 3.63) is 22.3 Å². The summed E-state index contributed by atoms with van der Waals surface area (Å²) in [7, 11) is 0. The van der Waals surface area contributed by atoms with Crippen LogP contribution in [0.3, 0.4) is 0 Å². The lowest BCUT2D eigenvalue weighted by Gasteiger charge is -2.33. The minimum atomic E-state index is 0.297. The summed E-state index contributed by atoms with van der Waals surface area (Å²) in [6.07, 6.45) is 3.33. The average molecular weight is 299 g/mol. The zero-order chi connectivity index (χ0) is 12.3. The number of halogens is 1. The Bertz CT molecular complexity index is 382. The first-order valence-electron chi connectivity index (χ1n) is 6.19. The van der Waals surface area contributed by atoms with Gasteiger partial charge >= 0.3 is 0 Å². The van der Waals surface area contributed by atoms with Crippen molar-refractivity contribution in [3.8, 4) is 0 Å². The number of piperidine rings is 1. The molecule has 0 aliphatic carbocycles. The van der Waals surface area contributed by atoms with Gasteiger partial charge < -0.3 is 10.0 Å². The highest BCUT2D eigenvalue weighted by Gasteiger charge is 2.20. The number of nitrogens with zero attached hydrogens (tertiary/aromatic N) is 2. The smallest absolute Gasteiger partial charge is 0.128 e. The van der Waals surface area contributed by atoms with Gasteiger partial charge in [-0.2, -0.15) is 0 Å². The minimum Gasteiger partial charge on any atom is -0.396 e. The van der Waals surface area contributed by atoms with Gasteiger partial charge in [-0.3, -0.25) is 0 Å². The Morgan fingerprint density at radius 2 is 2.35 bits per heavy atom. The van der Waals surface area contributed by atoms with Crippen LogP contribution in [0.4, 0.5) is 5.82 Å². The van der Waals surface area contributed by atoms with Crippen molar-refractivity contribution in [2.24, 2.45) is 5.92 Å². The van der Waals surface area contributed by atoms with E-state index in [-0.39, 0.29) is 0 Å². The van der Waals surface area contributed by atoms with E-state index in [4.69, 9.17) is 5.11 Å². The van der Waals surface area contributed by atoms with Crippen molar-refractivity contribution in [1.29, 1.82) is 0 Å². The van der Waals surface area contributed by atoms with Crippen LogP contribution in [0.2, 0.25) is 0 Å². The molecule has 0 amide bonds. The van der Waals surface area contributed by atoms with Crippen molar-refractivity contribution in [2.45, 2.75) is 26.2 Å². The fourth-order valence-electron chi connectivity index (χ4n) is 2.40. The Morgan fingerprint density at radius 1 is 1.53 bits per heavy atom. The number of hydrogen-bond acceptors (Lipinski definition) is 3. The second-order valence-electron chi connectivity index (χ2n) is 4.70. The summed E-state index contributed by atoms with van der Waals surface area (Å²) in [6.45, 7) is 4.42. The van der Waals surface area contributed by atoms with E-state index in [0.29, 0.717) is 12.5 Å². The Hall–Kier alpha value is -0.610. The Labute approximate surface area is 111 Å². The van der Waals surface area contributed by atoms with Gasteiger partial charge in [-0.05, 0) is 60.2 Å². The lowest BCUT2D eigenvalue weighted by molar-refractivity contribution is 0.244. The molecule has 0 aromatic carbocycles. The molecule has 1 fully saturated rings. The van der Waals surface area contributed by atoms with E-state index in [0.717, 1.165) is 35.5 Å². The molecule has 1 aliphatic rings. The van der Waals surface area contributed by atoms with E-state index in [2.05, 4.69) is 37.9 Å². The zero-order valence-corrected chi connectivity index (χ0v) is 11.8. The quantitative estimate of drug-likeness (QED) is 0.932. The molecule has 0 bridgehead atoms. The number of aliphatic hydroxyl groups is 1. The molecule has 2 heterocycles. The van der Waals surface area contributed by atoms with Crippen LogP contribution >= 0.6 is 15.9 Å². The second kappa shape index (κ2) is 5.83. The number of aliphatic hydroxyl groups excluding tert-OH is 1. The number of pyridine rings is 1. The molecular weight excluding hydrogens is 280 g/mol. The van der Waals surface area contributed by atoms with Crippen LogP contribution in [0.5, 0.6) is 0 Å². The third-order valence-electron chi connectivity index (χ3n) is 3.39. The van der Waals surface area contributed by atoms with Crippen LogP contribution in [0.15, 0.2) is 16.6 Å². The molecule has 1 saturated heterocycles. The first kappa shape index (κ1) is 12.8. The molecule has 2 rings (SSSR count). The third-order valence-corrected chi connectivity index (χ3v) is 4.23. The maximum absolute atomic E-state index is 9.02. The van der Waals surface area contributed by atoms with E-state index in [1.165, 1.54) is 12.8 Å². The van der Waals surface area contributed by atoms with Gasteiger partial charge in [0, 0.05) is 24.2 Å². The van der Waals surface area contributed by atoms with Crippen LogP contribution in [0, 0.1) is 12.8 Å². The van der Waals surface area contributed by atoms with Gasteiger partial charge in [-0.25, -0.2) is 4.98 Å². The van der Waals surface area contributed by atoms with Crippen LogP contribution in [0.25, 0.3) is 0 Å².